The molecule has 2 fully saturated rings. The third kappa shape index (κ3) is 7.30. The lowest BCUT2D eigenvalue weighted by molar-refractivity contribution is -0.145. The molecule has 12 nitrogen and oxygen atoms in total. The summed E-state index contributed by atoms with van der Waals surface area (Å²) in [7, 11) is 0. The number of thiophene rings is 1. The van der Waals surface area contributed by atoms with E-state index in [2.05, 4.69) is 10.6 Å². The zero-order valence-electron chi connectivity index (χ0n) is 27.3. The maximum absolute atomic E-state index is 14.3. The van der Waals surface area contributed by atoms with Crippen LogP contribution in [0, 0.1) is 5.92 Å². The molecule has 1 saturated carbocycles. The molecule has 1 saturated heterocycles. The third-order valence-electron chi connectivity index (χ3n) is 8.88. The molecule has 6 rings (SSSR count). The number of carbonyl (C=O) groups is 4. The Morgan fingerprint density at radius 3 is 2.56 bits per heavy atom. The Hall–Kier alpha value is -4.52. The van der Waals surface area contributed by atoms with Gasteiger partial charge < -0.3 is 30.1 Å². The van der Waals surface area contributed by atoms with Gasteiger partial charge in [0.1, 0.15) is 35.0 Å². The Morgan fingerprint density at radius 2 is 1.85 bits per heavy atom. The van der Waals surface area contributed by atoms with Crippen molar-refractivity contribution in [3.05, 3.63) is 53.9 Å². The predicted molar refractivity (Wildman–Crippen MR) is 179 cm³/mol. The average molecular weight is 676 g/mol. The number of fused-ring (bicyclic) bond motifs is 3. The number of carboxylic acids is 1. The van der Waals surface area contributed by atoms with Crippen molar-refractivity contribution in [2.75, 3.05) is 6.54 Å². The molecule has 3 aliphatic rings. The van der Waals surface area contributed by atoms with E-state index in [4.69, 9.17) is 19.4 Å². The second-order valence-electron chi connectivity index (χ2n) is 13.7. The van der Waals surface area contributed by atoms with E-state index < -0.39 is 53.2 Å². The first-order valence-electron chi connectivity index (χ1n) is 16.4. The topological polar surface area (TPSA) is 160 Å². The number of aliphatic carboxylic acids is 1. The minimum absolute atomic E-state index is 0.0191. The maximum Gasteiger partial charge on any atom is 0.408 e. The van der Waals surface area contributed by atoms with Crippen LogP contribution in [0.1, 0.15) is 65.7 Å². The van der Waals surface area contributed by atoms with E-state index in [-0.39, 0.29) is 31.2 Å². The largest absolute Gasteiger partial charge is 0.479 e. The Kier molecular flexibility index (Phi) is 9.41. The number of amides is 3. The number of alkyl carbamates (subject to hydrolysis) is 1. The molecule has 5 atom stereocenters. The van der Waals surface area contributed by atoms with E-state index in [1.54, 1.807) is 20.8 Å². The maximum atomic E-state index is 14.3. The van der Waals surface area contributed by atoms with Gasteiger partial charge in [0.2, 0.25) is 17.7 Å². The van der Waals surface area contributed by atoms with Crippen molar-refractivity contribution >= 4 is 46.2 Å². The quantitative estimate of drug-likeness (QED) is 0.314. The van der Waals surface area contributed by atoms with Crippen molar-refractivity contribution in [2.24, 2.45) is 5.92 Å². The summed E-state index contributed by atoms with van der Waals surface area (Å²) in [5, 5.41) is 17.6. The molecule has 2 aliphatic heterocycles. The first-order valence-corrected chi connectivity index (χ1v) is 17.3. The number of carbonyl (C=O) groups excluding carboxylic acids is 3. The van der Waals surface area contributed by atoms with Crippen molar-refractivity contribution in [1.29, 1.82) is 0 Å². The van der Waals surface area contributed by atoms with E-state index in [1.807, 2.05) is 53.9 Å². The Bertz CT molecular complexity index is 1720. The van der Waals surface area contributed by atoms with Gasteiger partial charge in [0.25, 0.3) is 0 Å². The number of nitrogens with zero attached hydrogens (tertiary/aromatic N) is 3. The molecule has 1 aromatic carbocycles. The number of hydrogen-bond acceptors (Lipinski definition) is 9. The van der Waals surface area contributed by atoms with Gasteiger partial charge in [0.05, 0.1) is 22.5 Å². The monoisotopic (exact) mass is 675 g/mol. The standard InChI is InChI=1S/C35H41N5O7S/c1-34(2,3)47-33(45)38-25-15-8-6-4-5-7-12-21-19-35(21,32(43)44)39-29(41)26-18-22(20-40(26)31(25)42)46-30-28(27-16-11-17-48-27)36-23-13-9-10-14-24(23)37-30/h7,9-14,16-17,21-22,25-26H,4-6,8,15,18-20H2,1-3H3,(H,38,45)(H,39,41)(H,43,44)/b12-7-/t21-,22?,25-,26-,35+/m0/s1. The smallest absolute Gasteiger partial charge is 0.408 e. The summed E-state index contributed by atoms with van der Waals surface area (Å²) in [5.74, 6) is -2.23. The van der Waals surface area contributed by atoms with Crippen LogP contribution >= 0.6 is 11.3 Å². The molecule has 0 bridgehead atoms. The molecule has 1 unspecified atom stereocenters. The third-order valence-corrected chi connectivity index (χ3v) is 9.76. The molecule has 2 aromatic heterocycles. The van der Waals surface area contributed by atoms with Crippen LogP contribution in [0.5, 0.6) is 5.88 Å². The lowest BCUT2D eigenvalue weighted by atomic mass is 10.0. The highest BCUT2D eigenvalue weighted by Crippen LogP contribution is 2.45. The fourth-order valence-corrected chi connectivity index (χ4v) is 7.10. The van der Waals surface area contributed by atoms with Gasteiger partial charge >= 0.3 is 12.1 Å². The van der Waals surface area contributed by atoms with E-state index in [0.29, 0.717) is 29.6 Å². The molecule has 3 amide bonds. The zero-order valence-corrected chi connectivity index (χ0v) is 28.1. The molecule has 13 heteroatoms. The number of nitrogens with one attached hydrogen (secondary N) is 2. The summed E-state index contributed by atoms with van der Waals surface area (Å²) < 4.78 is 12.0. The summed E-state index contributed by atoms with van der Waals surface area (Å²) in [4.78, 5) is 65.5. The summed E-state index contributed by atoms with van der Waals surface area (Å²) in [6.45, 7) is 5.24. The summed E-state index contributed by atoms with van der Waals surface area (Å²) >= 11 is 1.49. The molecule has 3 aromatic rings. The molecule has 48 heavy (non-hydrogen) atoms. The predicted octanol–water partition coefficient (Wildman–Crippen LogP) is 5.08. The van der Waals surface area contributed by atoms with E-state index in [0.717, 1.165) is 24.1 Å². The Labute approximate surface area is 282 Å². The number of rotatable bonds is 5. The number of hydrogen-bond donors (Lipinski definition) is 3. The zero-order chi connectivity index (χ0) is 34.1. The summed E-state index contributed by atoms with van der Waals surface area (Å²) in [5.41, 5.74) is -0.337. The van der Waals surface area contributed by atoms with Crippen molar-refractivity contribution in [3.8, 4) is 16.5 Å². The highest BCUT2D eigenvalue weighted by atomic mass is 32.1. The van der Waals surface area contributed by atoms with Gasteiger partial charge in [-0.25, -0.2) is 19.6 Å². The van der Waals surface area contributed by atoms with Crippen LogP contribution in [-0.4, -0.2) is 79.7 Å². The highest BCUT2D eigenvalue weighted by molar-refractivity contribution is 7.13. The Morgan fingerprint density at radius 1 is 1.08 bits per heavy atom. The number of ether oxygens (including phenoxy) is 2. The Balaban J connectivity index is 1.32. The van der Waals surface area contributed by atoms with Crippen molar-refractivity contribution in [2.45, 2.75) is 95.0 Å². The van der Waals surface area contributed by atoms with Gasteiger partial charge in [-0.3, -0.25) is 9.59 Å². The molecule has 254 valence electrons. The van der Waals surface area contributed by atoms with Gasteiger partial charge in [-0.05, 0) is 70.0 Å². The minimum atomic E-state index is -1.44. The highest BCUT2D eigenvalue weighted by Gasteiger charge is 2.61. The van der Waals surface area contributed by atoms with Crippen LogP contribution in [0.15, 0.2) is 53.9 Å². The van der Waals surface area contributed by atoms with Crippen LogP contribution in [0.4, 0.5) is 4.79 Å². The number of aromatic nitrogens is 2. The molecule has 4 heterocycles. The van der Waals surface area contributed by atoms with Crippen LogP contribution in [0.2, 0.25) is 0 Å². The molecule has 1 aliphatic carbocycles. The van der Waals surface area contributed by atoms with Crippen molar-refractivity contribution < 1.29 is 33.8 Å². The lowest BCUT2D eigenvalue weighted by Gasteiger charge is -2.30. The number of allylic oxidation sites excluding steroid dienone is 1. The molecule has 0 radical (unpaired) electrons. The van der Waals surface area contributed by atoms with Gasteiger partial charge in [0, 0.05) is 12.3 Å². The normalized spacial score (nSPS) is 27.1. The van der Waals surface area contributed by atoms with Crippen LogP contribution in [0.25, 0.3) is 21.6 Å². The second-order valence-corrected chi connectivity index (χ2v) is 14.6. The van der Waals surface area contributed by atoms with Gasteiger partial charge in [-0.15, -0.1) is 11.3 Å². The van der Waals surface area contributed by atoms with E-state index >= 15 is 0 Å². The van der Waals surface area contributed by atoms with Crippen LogP contribution in [-0.2, 0) is 19.1 Å². The van der Waals surface area contributed by atoms with Gasteiger partial charge in [0.15, 0.2) is 0 Å². The van der Waals surface area contributed by atoms with Crippen molar-refractivity contribution in [1.82, 2.24) is 25.5 Å². The van der Waals surface area contributed by atoms with Crippen LogP contribution in [0.3, 0.4) is 0 Å². The average Bonchev–Trinajstić information content (AvgIpc) is 3.34. The summed E-state index contributed by atoms with van der Waals surface area (Å²) in [6.07, 6.45) is 6.18. The second kappa shape index (κ2) is 13.5. The first kappa shape index (κ1) is 33.4. The number of para-hydroxylation sites is 2. The van der Waals surface area contributed by atoms with Gasteiger partial charge in [-0.2, -0.15) is 0 Å². The number of carboxylic acid groups (broad SMARTS) is 1. The lowest BCUT2D eigenvalue weighted by Crippen LogP contribution is -2.56. The molecular formula is C35H41N5O7S. The van der Waals surface area contributed by atoms with Gasteiger partial charge in [-0.1, -0.05) is 43.2 Å². The van der Waals surface area contributed by atoms with E-state index in [1.165, 1.54) is 16.2 Å². The first-order chi connectivity index (χ1) is 22.9. The number of benzene rings is 1. The fraction of sp³-hybridized carbons (Fsp3) is 0.486. The van der Waals surface area contributed by atoms with Crippen LogP contribution < -0.4 is 15.4 Å². The van der Waals surface area contributed by atoms with Crippen molar-refractivity contribution in [3.63, 3.8) is 0 Å². The minimum Gasteiger partial charge on any atom is -0.479 e. The summed E-state index contributed by atoms with van der Waals surface area (Å²) in [6, 6.07) is 9.27. The van der Waals surface area contributed by atoms with E-state index in [9.17, 15) is 24.3 Å². The fourth-order valence-electron chi connectivity index (χ4n) is 6.39. The molecular weight excluding hydrogens is 634 g/mol. The molecule has 3 N–H and O–H groups in total. The molecule has 0 spiro atoms. The SMILES string of the molecule is CC(C)(C)OC(=O)N[C@H]1CCCCC/C=C\[C@H]2C[C@@]2(C(=O)O)NC(=O)[C@@H]2CC(Oc3nc4ccccc4nc3-c3cccs3)CN2C1=O.